The summed E-state index contributed by atoms with van der Waals surface area (Å²) in [5.41, 5.74) is 3.05. The second-order valence-corrected chi connectivity index (χ2v) is 7.34. The summed E-state index contributed by atoms with van der Waals surface area (Å²) >= 11 is 0. The molecule has 140 valence electrons. The summed E-state index contributed by atoms with van der Waals surface area (Å²) in [4.78, 5) is 16.7. The first kappa shape index (κ1) is 17.7. The average Bonchev–Trinajstić information content (AvgIpc) is 3.13. The van der Waals surface area contributed by atoms with Gasteiger partial charge in [0, 0.05) is 23.1 Å². The number of para-hydroxylation sites is 1. The maximum absolute atomic E-state index is 13.4. The van der Waals surface area contributed by atoms with Gasteiger partial charge in [-0.25, -0.2) is 0 Å². The van der Waals surface area contributed by atoms with Crippen LogP contribution in [-0.4, -0.2) is 24.0 Å². The Morgan fingerprint density at radius 2 is 1.81 bits per heavy atom. The normalized spacial score (nSPS) is 16.2. The standard InChI is InChI=1S/C23H26N2O2/c1-27-18-13-11-16(12-14-18)22(23(26)25-17-7-3-2-4-8-17)20-15-24-21-10-6-5-9-19(20)21/h5-6,9-15,17,22,24H,2-4,7-8H2,1H3,(H,25,26). The number of hydrogen-bond acceptors (Lipinski definition) is 2. The lowest BCUT2D eigenvalue weighted by atomic mass is 9.88. The summed E-state index contributed by atoms with van der Waals surface area (Å²) in [6.45, 7) is 0. The van der Waals surface area contributed by atoms with Gasteiger partial charge in [-0.2, -0.15) is 0 Å². The predicted octanol–water partition coefficient (Wildman–Crippen LogP) is 4.76. The van der Waals surface area contributed by atoms with E-state index < -0.39 is 0 Å². The third kappa shape index (κ3) is 3.70. The van der Waals surface area contributed by atoms with Crippen LogP contribution in [0.4, 0.5) is 0 Å². The third-order valence-electron chi connectivity index (χ3n) is 5.60. The number of methoxy groups -OCH3 is 1. The molecule has 1 aliphatic rings. The van der Waals surface area contributed by atoms with E-state index in [1.54, 1.807) is 7.11 Å². The molecule has 3 aromatic rings. The first-order valence-electron chi connectivity index (χ1n) is 9.76. The number of rotatable bonds is 5. The zero-order valence-corrected chi connectivity index (χ0v) is 15.7. The summed E-state index contributed by atoms with van der Waals surface area (Å²) in [7, 11) is 1.65. The molecule has 1 heterocycles. The van der Waals surface area contributed by atoms with E-state index in [2.05, 4.69) is 16.4 Å². The Morgan fingerprint density at radius 1 is 1.07 bits per heavy atom. The first-order valence-corrected chi connectivity index (χ1v) is 9.76. The van der Waals surface area contributed by atoms with Gasteiger partial charge in [0.05, 0.1) is 13.0 Å². The Hall–Kier alpha value is -2.75. The fraction of sp³-hybridized carbons (Fsp3) is 0.348. The number of hydrogen-bond donors (Lipinski definition) is 2. The summed E-state index contributed by atoms with van der Waals surface area (Å²) in [5, 5.41) is 4.41. The van der Waals surface area contributed by atoms with Crippen LogP contribution in [-0.2, 0) is 4.79 Å². The lowest BCUT2D eigenvalue weighted by Gasteiger charge is -2.26. The molecule has 0 saturated heterocycles. The number of ether oxygens (including phenoxy) is 1. The smallest absolute Gasteiger partial charge is 0.232 e. The first-order chi connectivity index (χ1) is 13.3. The molecule has 2 N–H and O–H groups in total. The molecule has 2 aromatic carbocycles. The van der Waals surface area contributed by atoms with E-state index in [1.165, 1.54) is 19.3 Å². The molecule has 1 aliphatic carbocycles. The number of carbonyl (C=O) groups is 1. The van der Waals surface area contributed by atoms with Crippen molar-refractivity contribution in [2.75, 3.05) is 7.11 Å². The number of nitrogens with one attached hydrogen (secondary N) is 2. The zero-order chi connectivity index (χ0) is 18.6. The molecule has 0 spiro atoms. The quantitative estimate of drug-likeness (QED) is 0.688. The van der Waals surface area contributed by atoms with E-state index >= 15 is 0 Å². The molecule has 1 aromatic heterocycles. The molecule has 1 unspecified atom stereocenters. The van der Waals surface area contributed by atoms with E-state index in [1.807, 2.05) is 48.7 Å². The molecule has 1 saturated carbocycles. The van der Waals surface area contributed by atoms with Gasteiger partial charge in [-0.3, -0.25) is 4.79 Å². The van der Waals surface area contributed by atoms with Crippen LogP contribution in [0.25, 0.3) is 10.9 Å². The summed E-state index contributed by atoms with van der Waals surface area (Å²) < 4.78 is 5.29. The van der Waals surface area contributed by atoms with Crippen molar-refractivity contribution in [2.45, 2.75) is 44.1 Å². The molecular weight excluding hydrogens is 336 g/mol. The Bertz CT molecular complexity index is 908. The van der Waals surface area contributed by atoms with Crippen LogP contribution >= 0.6 is 0 Å². The summed E-state index contributed by atoms with van der Waals surface area (Å²) in [6.07, 6.45) is 7.80. The summed E-state index contributed by atoms with van der Waals surface area (Å²) in [5.74, 6) is 0.537. The molecule has 0 radical (unpaired) electrons. The monoisotopic (exact) mass is 362 g/mol. The lowest BCUT2D eigenvalue weighted by molar-refractivity contribution is -0.122. The van der Waals surface area contributed by atoms with Crippen molar-refractivity contribution in [2.24, 2.45) is 0 Å². The van der Waals surface area contributed by atoms with Crippen molar-refractivity contribution in [3.63, 3.8) is 0 Å². The molecule has 1 atom stereocenters. The van der Waals surface area contributed by atoms with Crippen LogP contribution in [0, 0.1) is 0 Å². The molecule has 4 nitrogen and oxygen atoms in total. The van der Waals surface area contributed by atoms with Crippen LogP contribution in [0.15, 0.2) is 54.7 Å². The van der Waals surface area contributed by atoms with Crippen LogP contribution in [0.1, 0.15) is 49.1 Å². The topological polar surface area (TPSA) is 54.1 Å². The van der Waals surface area contributed by atoms with E-state index in [0.29, 0.717) is 0 Å². The number of H-pyrrole nitrogens is 1. The molecule has 4 heteroatoms. The van der Waals surface area contributed by atoms with Crippen molar-refractivity contribution in [3.05, 3.63) is 65.9 Å². The highest BCUT2D eigenvalue weighted by Gasteiger charge is 2.27. The predicted molar refractivity (Wildman–Crippen MR) is 108 cm³/mol. The van der Waals surface area contributed by atoms with E-state index in [4.69, 9.17) is 4.74 Å². The molecular formula is C23H26N2O2. The van der Waals surface area contributed by atoms with Gasteiger partial charge in [0.15, 0.2) is 0 Å². The van der Waals surface area contributed by atoms with Gasteiger partial charge in [0.1, 0.15) is 5.75 Å². The summed E-state index contributed by atoms with van der Waals surface area (Å²) in [6, 6.07) is 16.3. The molecule has 0 bridgehead atoms. The van der Waals surface area contributed by atoms with Crippen LogP contribution < -0.4 is 10.1 Å². The second-order valence-electron chi connectivity index (χ2n) is 7.34. The second kappa shape index (κ2) is 7.87. The zero-order valence-electron chi connectivity index (χ0n) is 15.7. The van der Waals surface area contributed by atoms with Crippen LogP contribution in [0.2, 0.25) is 0 Å². The van der Waals surface area contributed by atoms with Crippen molar-refractivity contribution in [1.82, 2.24) is 10.3 Å². The molecule has 0 aliphatic heterocycles. The van der Waals surface area contributed by atoms with Crippen molar-refractivity contribution in [3.8, 4) is 5.75 Å². The van der Waals surface area contributed by atoms with Gasteiger partial charge in [-0.15, -0.1) is 0 Å². The fourth-order valence-corrected chi connectivity index (χ4v) is 4.13. The van der Waals surface area contributed by atoms with Gasteiger partial charge in [0.2, 0.25) is 5.91 Å². The minimum Gasteiger partial charge on any atom is -0.497 e. The van der Waals surface area contributed by atoms with Gasteiger partial charge in [0.25, 0.3) is 0 Å². The highest BCUT2D eigenvalue weighted by Crippen LogP contribution is 2.32. The Morgan fingerprint density at radius 3 is 2.56 bits per heavy atom. The van der Waals surface area contributed by atoms with E-state index in [9.17, 15) is 4.79 Å². The number of benzene rings is 2. The Balaban J connectivity index is 1.70. The highest BCUT2D eigenvalue weighted by atomic mass is 16.5. The maximum Gasteiger partial charge on any atom is 0.232 e. The molecule has 4 rings (SSSR count). The van der Waals surface area contributed by atoms with Crippen LogP contribution in [0.3, 0.4) is 0 Å². The van der Waals surface area contributed by atoms with Gasteiger partial charge < -0.3 is 15.0 Å². The Labute approximate surface area is 159 Å². The van der Waals surface area contributed by atoms with Gasteiger partial charge in [-0.1, -0.05) is 49.6 Å². The highest BCUT2D eigenvalue weighted by molar-refractivity contribution is 5.94. The molecule has 27 heavy (non-hydrogen) atoms. The van der Waals surface area contributed by atoms with Crippen LogP contribution in [0.5, 0.6) is 5.75 Å². The largest absolute Gasteiger partial charge is 0.497 e. The molecule has 1 amide bonds. The van der Waals surface area contributed by atoms with Crippen molar-refractivity contribution in [1.29, 1.82) is 0 Å². The van der Waals surface area contributed by atoms with Crippen molar-refractivity contribution < 1.29 is 9.53 Å². The van der Waals surface area contributed by atoms with E-state index in [0.717, 1.165) is 40.6 Å². The third-order valence-corrected chi connectivity index (χ3v) is 5.60. The number of amides is 1. The van der Waals surface area contributed by atoms with Crippen molar-refractivity contribution >= 4 is 16.8 Å². The maximum atomic E-state index is 13.4. The fourth-order valence-electron chi connectivity index (χ4n) is 4.13. The average molecular weight is 362 g/mol. The SMILES string of the molecule is COc1ccc(C(C(=O)NC2CCCCC2)c2c[nH]c3ccccc23)cc1. The minimum atomic E-state index is -0.339. The number of carbonyl (C=O) groups excluding carboxylic acids is 1. The number of aromatic amines is 1. The number of fused-ring (bicyclic) bond motifs is 1. The van der Waals surface area contributed by atoms with Gasteiger partial charge in [-0.05, 0) is 42.2 Å². The lowest BCUT2D eigenvalue weighted by Crippen LogP contribution is -2.39. The molecule has 1 fully saturated rings. The number of aromatic nitrogens is 1. The van der Waals surface area contributed by atoms with Gasteiger partial charge >= 0.3 is 0 Å². The Kier molecular flexibility index (Phi) is 5.14. The van der Waals surface area contributed by atoms with E-state index in [-0.39, 0.29) is 17.9 Å². The minimum absolute atomic E-state index is 0.0804.